The van der Waals surface area contributed by atoms with E-state index in [1.54, 1.807) is 24.3 Å². The lowest BCUT2D eigenvalue weighted by atomic mass is 10.1. The van der Waals surface area contributed by atoms with Gasteiger partial charge in [0.25, 0.3) is 0 Å². The van der Waals surface area contributed by atoms with Crippen LogP contribution in [-0.2, 0) is 4.74 Å². The van der Waals surface area contributed by atoms with E-state index in [0.29, 0.717) is 47.8 Å². The van der Waals surface area contributed by atoms with E-state index in [1.165, 1.54) is 7.11 Å². The summed E-state index contributed by atoms with van der Waals surface area (Å²) in [5.41, 5.74) is 2.65. The summed E-state index contributed by atoms with van der Waals surface area (Å²) in [5.74, 6) is 13.0. The average Bonchev–Trinajstić information content (AvgIpc) is 2.72. The molecule has 5 nitrogen and oxygen atoms in total. The highest BCUT2D eigenvalue weighted by molar-refractivity contribution is 5.89. The summed E-state index contributed by atoms with van der Waals surface area (Å²) < 4.78 is 15.9. The molecule has 0 unspecified atom stereocenters. The Labute approximate surface area is 157 Å². The second-order valence-corrected chi connectivity index (χ2v) is 5.64. The standard InChI is InChI=1S/C22H18O5/c1-25-22(24)17-8-5-16(6-9-17)7-10-19-15-21-20(26-12-13-27-21)14-18(19)4-2-3-11-23/h5-6,8-9,14-15,23H,3,11-13H2,1H3. The summed E-state index contributed by atoms with van der Waals surface area (Å²) in [7, 11) is 1.34. The van der Waals surface area contributed by atoms with Crippen molar-refractivity contribution in [3.05, 3.63) is 58.7 Å². The summed E-state index contributed by atoms with van der Waals surface area (Å²) in [5, 5.41) is 8.93. The highest BCUT2D eigenvalue weighted by Crippen LogP contribution is 2.32. The molecule has 5 heteroatoms. The number of benzene rings is 2. The van der Waals surface area contributed by atoms with E-state index in [4.69, 9.17) is 14.6 Å². The van der Waals surface area contributed by atoms with Gasteiger partial charge in [0, 0.05) is 35.2 Å². The van der Waals surface area contributed by atoms with Gasteiger partial charge in [-0.25, -0.2) is 4.79 Å². The first-order valence-electron chi connectivity index (χ1n) is 8.45. The van der Waals surface area contributed by atoms with Crippen molar-refractivity contribution in [2.45, 2.75) is 6.42 Å². The minimum absolute atomic E-state index is 0.00507. The van der Waals surface area contributed by atoms with E-state index in [0.717, 1.165) is 5.56 Å². The van der Waals surface area contributed by atoms with E-state index in [2.05, 4.69) is 28.4 Å². The van der Waals surface area contributed by atoms with Crippen LogP contribution >= 0.6 is 0 Å². The molecule has 0 saturated carbocycles. The van der Waals surface area contributed by atoms with Gasteiger partial charge in [0.1, 0.15) is 13.2 Å². The number of fused-ring (bicyclic) bond motifs is 1. The van der Waals surface area contributed by atoms with Gasteiger partial charge < -0.3 is 19.3 Å². The lowest BCUT2D eigenvalue weighted by Crippen LogP contribution is -2.15. The van der Waals surface area contributed by atoms with Crippen LogP contribution < -0.4 is 9.47 Å². The minimum atomic E-state index is -0.386. The van der Waals surface area contributed by atoms with E-state index < -0.39 is 0 Å². The van der Waals surface area contributed by atoms with E-state index in [1.807, 2.05) is 12.1 Å². The van der Waals surface area contributed by atoms with E-state index in [-0.39, 0.29) is 12.6 Å². The third-order valence-corrected chi connectivity index (χ3v) is 3.79. The number of carbonyl (C=O) groups is 1. The van der Waals surface area contributed by atoms with Crippen LogP contribution in [0.15, 0.2) is 36.4 Å². The molecule has 27 heavy (non-hydrogen) atoms. The maximum Gasteiger partial charge on any atom is 0.337 e. The number of carbonyl (C=O) groups excluding carboxylic acids is 1. The number of aliphatic hydroxyl groups excluding tert-OH is 1. The smallest absolute Gasteiger partial charge is 0.337 e. The van der Waals surface area contributed by atoms with Crippen LogP contribution in [-0.4, -0.2) is 38.0 Å². The van der Waals surface area contributed by atoms with Crippen LogP contribution in [0.3, 0.4) is 0 Å². The van der Waals surface area contributed by atoms with E-state index in [9.17, 15) is 4.79 Å². The zero-order chi connectivity index (χ0) is 19.1. The van der Waals surface area contributed by atoms with Crippen LogP contribution in [0.4, 0.5) is 0 Å². The largest absolute Gasteiger partial charge is 0.486 e. The Kier molecular flexibility index (Phi) is 5.99. The van der Waals surface area contributed by atoms with E-state index >= 15 is 0 Å². The Morgan fingerprint density at radius 3 is 2.26 bits per heavy atom. The lowest BCUT2D eigenvalue weighted by Gasteiger charge is -2.19. The van der Waals surface area contributed by atoms with Crippen molar-refractivity contribution in [3.63, 3.8) is 0 Å². The molecule has 1 heterocycles. The number of hydrogen-bond acceptors (Lipinski definition) is 5. The second kappa shape index (κ2) is 8.80. The molecule has 0 atom stereocenters. The predicted molar refractivity (Wildman–Crippen MR) is 99.8 cm³/mol. The highest BCUT2D eigenvalue weighted by atomic mass is 16.6. The second-order valence-electron chi connectivity index (χ2n) is 5.64. The molecule has 0 aliphatic carbocycles. The maximum atomic E-state index is 11.5. The third-order valence-electron chi connectivity index (χ3n) is 3.79. The molecule has 1 aliphatic heterocycles. The zero-order valence-corrected chi connectivity index (χ0v) is 14.9. The molecule has 1 N–H and O–H groups in total. The first-order valence-corrected chi connectivity index (χ1v) is 8.45. The molecular weight excluding hydrogens is 344 g/mol. The van der Waals surface area contributed by atoms with Gasteiger partial charge in [-0.3, -0.25) is 0 Å². The molecule has 0 spiro atoms. The SMILES string of the molecule is COC(=O)c1ccc(C#Cc2cc3c(cc2C#CCCO)OCCO3)cc1. The molecule has 0 radical (unpaired) electrons. The summed E-state index contributed by atoms with van der Waals surface area (Å²) in [4.78, 5) is 11.5. The van der Waals surface area contributed by atoms with Crippen molar-refractivity contribution >= 4 is 5.97 Å². The van der Waals surface area contributed by atoms with Crippen molar-refractivity contribution in [3.8, 4) is 35.2 Å². The van der Waals surface area contributed by atoms with Gasteiger partial charge in [-0.2, -0.15) is 0 Å². The van der Waals surface area contributed by atoms with Crippen LogP contribution in [0.1, 0.15) is 33.5 Å². The fourth-order valence-electron chi connectivity index (χ4n) is 2.46. The fraction of sp³-hybridized carbons (Fsp3) is 0.227. The van der Waals surface area contributed by atoms with Crippen LogP contribution in [0.2, 0.25) is 0 Å². The van der Waals surface area contributed by atoms with Gasteiger partial charge >= 0.3 is 5.97 Å². The molecule has 136 valence electrons. The zero-order valence-electron chi connectivity index (χ0n) is 14.9. The average molecular weight is 362 g/mol. The maximum absolute atomic E-state index is 11.5. The number of ether oxygens (including phenoxy) is 3. The van der Waals surface area contributed by atoms with Crippen molar-refractivity contribution in [2.75, 3.05) is 26.9 Å². The van der Waals surface area contributed by atoms with Gasteiger partial charge in [0.2, 0.25) is 0 Å². The first-order chi connectivity index (χ1) is 13.2. The number of hydrogen-bond donors (Lipinski definition) is 1. The summed E-state index contributed by atoms with van der Waals surface area (Å²) >= 11 is 0. The molecule has 0 amide bonds. The van der Waals surface area contributed by atoms with Crippen LogP contribution in [0, 0.1) is 23.7 Å². The molecule has 2 aromatic carbocycles. The molecule has 0 bridgehead atoms. The molecular formula is C22H18O5. The Morgan fingerprint density at radius 2 is 1.67 bits per heavy atom. The summed E-state index contributed by atoms with van der Waals surface area (Å²) in [6, 6.07) is 10.5. The van der Waals surface area contributed by atoms with Crippen LogP contribution in [0.25, 0.3) is 0 Å². The Bertz CT molecular complexity index is 952. The Hall–Kier alpha value is -3.41. The van der Waals surface area contributed by atoms with Crippen molar-refractivity contribution in [1.82, 2.24) is 0 Å². The number of aliphatic hydroxyl groups is 1. The summed E-state index contributed by atoms with van der Waals surface area (Å²) in [6.07, 6.45) is 0.385. The predicted octanol–water partition coefficient (Wildman–Crippen LogP) is 2.38. The highest BCUT2D eigenvalue weighted by Gasteiger charge is 2.14. The van der Waals surface area contributed by atoms with Gasteiger partial charge in [0.15, 0.2) is 11.5 Å². The van der Waals surface area contributed by atoms with Gasteiger partial charge in [-0.05, 0) is 24.3 Å². The molecule has 3 rings (SSSR count). The monoisotopic (exact) mass is 362 g/mol. The quantitative estimate of drug-likeness (QED) is 0.656. The lowest BCUT2D eigenvalue weighted by molar-refractivity contribution is 0.0600. The molecule has 2 aromatic rings. The molecule has 0 aromatic heterocycles. The van der Waals surface area contributed by atoms with Crippen molar-refractivity contribution < 1.29 is 24.1 Å². The molecule has 0 saturated heterocycles. The van der Waals surface area contributed by atoms with Gasteiger partial charge in [-0.15, -0.1) is 0 Å². The Morgan fingerprint density at radius 1 is 1.04 bits per heavy atom. The molecule has 1 aliphatic rings. The fourth-order valence-corrected chi connectivity index (χ4v) is 2.46. The Balaban J connectivity index is 1.93. The first kappa shape index (κ1) is 18.4. The topological polar surface area (TPSA) is 65.0 Å². The number of rotatable bonds is 2. The van der Waals surface area contributed by atoms with Crippen molar-refractivity contribution in [2.24, 2.45) is 0 Å². The third kappa shape index (κ3) is 4.61. The van der Waals surface area contributed by atoms with Crippen molar-refractivity contribution in [1.29, 1.82) is 0 Å². The number of esters is 1. The minimum Gasteiger partial charge on any atom is -0.486 e. The van der Waals surface area contributed by atoms with Gasteiger partial charge in [-0.1, -0.05) is 23.7 Å². The van der Waals surface area contributed by atoms with Gasteiger partial charge in [0.05, 0.1) is 19.3 Å². The molecule has 0 fully saturated rings. The number of methoxy groups -OCH3 is 1. The normalized spacial score (nSPS) is 11.5. The summed E-state index contributed by atoms with van der Waals surface area (Å²) in [6.45, 7) is 0.990. The van der Waals surface area contributed by atoms with Crippen LogP contribution in [0.5, 0.6) is 11.5 Å².